The van der Waals surface area contributed by atoms with Gasteiger partial charge in [-0.25, -0.2) is 0 Å². The van der Waals surface area contributed by atoms with Crippen LogP contribution in [-0.4, -0.2) is 42.1 Å². The van der Waals surface area contributed by atoms with Gasteiger partial charge in [-0.2, -0.15) is 13.2 Å². The van der Waals surface area contributed by atoms with Crippen LogP contribution in [0.15, 0.2) is 66.7 Å². The van der Waals surface area contributed by atoms with E-state index in [1.54, 1.807) is 49.4 Å². The summed E-state index contributed by atoms with van der Waals surface area (Å²) in [7, 11) is 1.42. The van der Waals surface area contributed by atoms with E-state index in [1.807, 2.05) is 6.07 Å². The number of carbonyl (C=O) groups excluding carboxylic acids is 1. The van der Waals surface area contributed by atoms with Gasteiger partial charge in [-0.05, 0) is 60.0 Å². The van der Waals surface area contributed by atoms with Crippen LogP contribution in [0.1, 0.15) is 23.6 Å². The largest absolute Gasteiger partial charge is 0.496 e. The summed E-state index contributed by atoms with van der Waals surface area (Å²) < 4.78 is 51.6. The molecule has 36 heavy (non-hydrogen) atoms. The molecule has 1 N–H and O–H groups in total. The molecule has 0 saturated heterocycles. The molecule has 9 heteroatoms. The van der Waals surface area contributed by atoms with Gasteiger partial charge < -0.3 is 19.5 Å². The van der Waals surface area contributed by atoms with Crippen LogP contribution in [0.25, 0.3) is 11.1 Å². The Kier molecular flexibility index (Phi) is 8.58. The van der Waals surface area contributed by atoms with Crippen molar-refractivity contribution in [3.8, 4) is 22.6 Å². The summed E-state index contributed by atoms with van der Waals surface area (Å²) in [6, 6.07) is 16.8. The van der Waals surface area contributed by atoms with Gasteiger partial charge in [0.15, 0.2) is 6.61 Å². The maximum absolute atomic E-state index is 13.6. The lowest BCUT2D eigenvalue weighted by Gasteiger charge is -2.24. The molecule has 0 saturated carbocycles. The first kappa shape index (κ1) is 26.6. The number of carboxylic acids is 1. The average molecular weight is 502 g/mol. The highest BCUT2D eigenvalue weighted by Crippen LogP contribution is 2.38. The number of hydrogen-bond acceptors (Lipinski definition) is 4. The highest BCUT2D eigenvalue weighted by molar-refractivity contribution is 5.80. The first-order chi connectivity index (χ1) is 17.1. The van der Waals surface area contributed by atoms with Crippen molar-refractivity contribution in [2.45, 2.75) is 26.1 Å². The Morgan fingerprint density at radius 2 is 1.69 bits per heavy atom. The normalized spacial score (nSPS) is 11.1. The van der Waals surface area contributed by atoms with Crippen LogP contribution in [0, 0.1) is 0 Å². The minimum atomic E-state index is -4.58. The van der Waals surface area contributed by atoms with E-state index in [0.29, 0.717) is 28.2 Å². The Balaban J connectivity index is 1.99. The third-order valence-electron chi connectivity index (χ3n) is 5.54. The van der Waals surface area contributed by atoms with Gasteiger partial charge in [0.25, 0.3) is 5.91 Å². The summed E-state index contributed by atoms with van der Waals surface area (Å²) in [6.45, 7) is 1.58. The molecule has 0 aliphatic rings. The molecule has 0 aliphatic heterocycles. The van der Waals surface area contributed by atoms with Crippen molar-refractivity contribution in [2.24, 2.45) is 0 Å². The standard InChI is InChI=1S/C27H26F3NO5/c1-3-31(25(32)17-36-21-7-5-4-6-8-21)16-19-15-20(27(28,29)30)10-11-22(19)23-13-18(14-26(33)34)9-12-24(23)35-2/h4-13,15H,3,14,16-17H2,1-2H3,(H,33,34). The van der Waals surface area contributed by atoms with Crippen LogP contribution < -0.4 is 9.47 Å². The van der Waals surface area contributed by atoms with Crippen molar-refractivity contribution in [1.29, 1.82) is 0 Å². The highest BCUT2D eigenvalue weighted by atomic mass is 19.4. The molecule has 0 fully saturated rings. The minimum Gasteiger partial charge on any atom is -0.496 e. The summed E-state index contributed by atoms with van der Waals surface area (Å²) in [5, 5.41) is 9.17. The molecule has 0 atom stereocenters. The summed E-state index contributed by atoms with van der Waals surface area (Å²) in [4.78, 5) is 25.5. The summed E-state index contributed by atoms with van der Waals surface area (Å²) in [6.07, 6.45) is -4.84. The Bertz CT molecular complexity index is 1210. The van der Waals surface area contributed by atoms with Crippen LogP contribution in [0.3, 0.4) is 0 Å². The third-order valence-corrected chi connectivity index (χ3v) is 5.54. The van der Waals surface area contributed by atoms with Crippen LogP contribution in [0.4, 0.5) is 13.2 Å². The fourth-order valence-electron chi connectivity index (χ4n) is 3.75. The number of rotatable bonds is 10. The molecule has 0 aliphatic carbocycles. The molecule has 1 amide bonds. The van der Waals surface area contributed by atoms with Gasteiger partial charge in [0.1, 0.15) is 11.5 Å². The SMILES string of the molecule is CCN(Cc1cc(C(F)(F)F)ccc1-c1cc(CC(=O)O)ccc1OC)C(=O)COc1ccccc1. The molecule has 190 valence electrons. The summed E-state index contributed by atoms with van der Waals surface area (Å²) >= 11 is 0. The Morgan fingerprint density at radius 1 is 0.972 bits per heavy atom. The summed E-state index contributed by atoms with van der Waals surface area (Å²) in [5.41, 5.74) is 0.687. The zero-order valence-corrected chi connectivity index (χ0v) is 19.8. The maximum atomic E-state index is 13.6. The second kappa shape index (κ2) is 11.6. The number of likely N-dealkylation sites (N-methyl/N-ethyl adjacent to an activating group) is 1. The molecular formula is C27H26F3NO5. The molecule has 3 rings (SSSR count). The van der Waals surface area contributed by atoms with Crippen LogP contribution in [0.5, 0.6) is 11.5 Å². The maximum Gasteiger partial charge on any atom is 0.416 e. The van der Waals surface area contributed by atoms with Crippen molar-refractivity contribution < 1.29 is 37.3 Å². The number of carbonyl (C=O) groups is 2. The molecule has 0 radical (unpaired) electrons. The molecule has 0 aromatic heterocycles. The second-order valence-electron chi connectivity index (χ2n) is 7.98. The number of ether oxygens (including phenoxy) is 2. The quantitative estimate of drug-likeness (QED) is 0.401. The Labute approximate surface area is 206 Å². The smallest absolute Gasteiger partial charge is 0.416 e. The van der Waals surface area contributed by atoms with E-state index in [1.165, 1.54) is 18.1 Å². The molecule has 0 spiro atoms. The fraction of sp³-hybridized carbons (Fsp3) is 0.259. The molecule has 0 heterocycles. The summed E-state index contributed by atoms with van der Waals surface area (Å²) in [5.74, 6) is -0.565. The van der Waals surface area contributed by atoms with Crippen molar-refractivity contribution >= 4 is 11.9 Å². The van der Waals surface area contributed by atoms with E-state index in [2.05, 4.69) is 0 Å². The molecule has 3 aromatic carbocycles. The van der Waals surface area contributed by atoms with Crippen molar-refractivity contribution in [2.75, 3.05) is 20.3 Å². The van der Waals surface area contributed by atoms with E-state index < -0.39 is 23.6 Å². The van der Waals surface area contributed by atoms with Gasteiger partial charge >= 0.3 is 12.1 Å². The molecular weight excluding hydrogens is 475 g/mol. The highest BCUT2D eigenvalue weighted by Gasteiger charge is 2.31. The number of amides is 1. The predicted molar refractivity (Wildman–Crippen MR) is 128 cm³/mol. The van der Waals surface area contributed by atoms with Crippen LogP contribution in [0.2, 0.25) is 0 Å². The van der Waals surface area contributed by atoms with Gasteiger partial charge in [0, 0.05) is 18.7 Å². The average Bonchev–Trinajstić information content (AvgIpc) is 2.85. The van der Waals surface area contributed by atoms with E-state index in [0.717, 1.165) is 12.1 Å². The zero-order valence-electron chi connectivity index (χ0n) is 19.8. The third kappa shape index (κ3) is 6.78. The van der Waals surface area contributed by atoms with Crippen molar-refractivity contribution in [3.63, 3.8) is 0 Å². The number of hydrogen-bond donors (Lipinski definition) is 1. The van der Waals surface area contributed by atoms with E-state index in [4.69, 9.17) is 14.6 Å². The Hall–Kier alpha value is -4.01. The monoisotopic (exact) mass is 501 g/mol. The number of benzene rings is 3. The van der Waals surface area contributed by atoms with Gasteiger partial charge in [0.2, 0.25) is 0 Å². The van der Waals surface area contributed by atoms with Gasteiger partial charge in [-0.3, -0.25) is 9.59 Å². The molecule has 3 aromatic rings. The topological polar surface area (TPSA) is 76.1 Å². The van der Waals surface area contributed by atoms with E-state index in [-0.39, 0.29) is 31.7 Å². The number of halogens is 3. The first-order valence-electron chi connectivity index (χ1n) is 11.2. The lowest BCUT2D eigenvalue weighted by atomic mass is 9.94. The number of carboxylic acid groups (broad SMARTS) is 1. The lowest BCUT2D eigenvalue weighted by molar-refractivity contribution is -0.138. The minimum absolute atomic E-state index is 0.112. The first-order valence-corrected chi connectivity index (χ1v) is 11.2. The van der Waals surface area contributed by atoms with Crippen LogP contribution >= 0.6 is 0 Å². The predicted octanol–water partition coefficient (Wildman–Crippen LogP) is 5.44. The number of alkyl halides is 3. The number of nitrogens with zero attached hydrogens (tertiary/aromatic N) is 1. The Morgan fingerprint density at radius 3 is 2.31 bits per heavy atom. The molecule has 6 nitrogen and oxygen atoms in total. The van der Waals surface area contributed by atoms with Crippen molar-refractivity contribution in [3.05, 3.63) is 83.4 Å². The lowest BCUT2D eigenvalue weighted by Crippen LogP contribution is -2.34. The van der Waals surface area contributed by atoms with E-state index >= 15 is 0 Å². The molecule has 0 unspecified atom stereocenters. The van der Waals surface area contributed by atoms with Gasteiger partial charge in [0.05, 0.1) is 19.1 Å². The van der Waals surface area contributed by atoms with Gasteiger partial charge in [-0.15, -0.1) is 0 Å². The second-order valence-corrected chi connectivity index (χ2v) is 7.98. The van der Waals surface area contributed by atoms with Crippen LogP contribution in [-0.2, 0) is 28.7 Å². The van der Waals surface area contributed by atoms with Crippen molar-refractivity contribution in [1.82, 2.24) is 4.90 Å². The fourth-order valence-corrected chi connectivity index (χ4v) is 3.75. The number of para-hydroxylation sites is 1. The van der Waals surface area contributed by atoms with E-state index in [9.17, 15) is 22.8 Å². The number of methoxy groups -OCH3 is 1. The zero-order chi connectivity index (χ0) is 26.3. The number of aliphatic carboxylic acids is 1. The molecule has 0 bridgehead atoms. The van der Waals surface area contributed by atoms with Gasteiger partial charge in [-0.1, -0.05) is 30.3 Å².